The lowest BCUT2D eigenvalue weighted by Crippen LogP contribution is -2.36. The summed E-state index contributed by atoms with van der Waals surface area (Å²) < 4.78 is 0. The lowest BCUT2D eigenvalue weighted by atomic mass is 10.2. The van der Waals surface area contributed by atoms with Crippen LogP contribution in [0, 0.1) is 6.92 Å². The van der Waals surface area contributed by atoms with Crippen LogP contribution in [0.3, 0.4) is 0 Å². The second-order valence-electron chi connectivity index (χ2n) is 4.92. The molecule has 18 heavy (non-hydrogen) atoms. The normalized spacial score (nSPS) is 23.6. The molecule has 1 unspecified atom stereocenters. The Kier molecular flexibility index (Phi) is 2.54. The van der Waals surface area contributed by atoms with Crippen LogP contribution in [0.5, 0.6) is 0 Å². The van der Waals surface area contributed by atoms with Crippen LogP contribution in [0.25, 0.3) is 0 Å². The smallest absolute Gasteiger partial charge is 0.252 e. The van der Waals surface area contributed by atoms with Crippen LogP contribution in [0.4, 0.5) is 5.69 Å². The fourth-order valence-corrected chi connectivity index (χ4v) is 2.23. The number of carbonyl (C=O) groups excluding carboxylic acids is 2. The second-order valence-corrected chi connectivity index (χ2v) is 4.92. The van der Waals surface area contributed by atoms with E-state index in [2.05, 4.69) is 10.3 Å². The molecule has 94 valence electrons. The zero-order valence-electron chi connectivity index (χ0n) is 10.2. The number of hydrogen-bond donors (Lipinski definition) is 1. The number of aryl methyl sites for hydroxylation is 1. The highest BCUT2D eigenvalue weighted by molar-refractivity contribution is 6.07. The van der Waals surface area contributed by atoms with Gasteiger partial charge < -0.3 is 5.32 Å². The summed E-state index contributed by atoms with van der Waals surface area (Å²) in [7, 11) is 0. The number of carbonyl (C=O) groups is 2. The van der Waals surface area contributed by atoms with Crippen LogP contribution in [-0.4, -0.2) is 33.8 Å². The van der Waals surface area contributed by atoms with E-state index in [0.29, 0.717) is 0 Å². The minimum atomic E-state index is -0.428. The van der Waals surface area contributed by atoms with Crippen molar-refractivity contribution >= 4 is 17.5 Å². The van der Waals surface area contributed by atoms with Crippen molar-refractivity contribution < 1.29 is 9.59 Å². The average molecular weight is 245 g/mol. The Bertz CT molecular complexity index is 493. The highest BCUT2D eigenvalue weighted by Gasteiger charge is 2.46. The molecule has 1 aliphatic carbocycles. The van der Waals surface area contributed by atoms with Gasteiger partial charge in [-0.1, -0.05) is 0 Å². The molecule has 1 saturated carbocycles. The number of likely N-dealkylation sites (tertiary alicyclic amines) is 1. The standard InChI is InChI=1S/C13H15N3O2/c1-8-2-3-9(7-14-8)15-11-6-12(17)16(13(11)18)10-4-5-10/h2-3,7,10-11,15H,4-6H2,1H3. The van der Waals surface area contributed by atoms with Crippen LogP contribution < -0.4 is 5.32 Å². The largest absolute Gasteiger partial charge is 0.372 e. The minimum Gasteiger partial charge on any atom is -0.372 e. The number of rotatable bonds is 3. The highest BCUT2D eigenvalue weighted by Crippen LogP contribution is 2.32. The lowest BCUT2D eigenvalue weighted by molar-refractivity contribution is -0.139. The Morgan fingerprint density at radius 1 is 1.33 bits per heavy atom. The number of nitrogens with zero attached hydrogens (tertiary/aromatic N) is 2. The SMILES string of the molecule is Cc1ccc(NC2CC(=O)N(C3CC3)C2=O)cn1. The first-order chi connectivity index (χ1) is 8.65. The van der Waals surface area contributed by atoms with Gasteiger partial charge in [-0.3, -0.25) is 19.5 Å². The number of aromatic nitrogens is 1. The summed E-state index contributed by atoms with van der Waals surface area (Å²) in [6.45, 7) is 1.91. The lowest BCUT2D eigenvalue weighted by Gasteiger charge is -2.15. The Morgan fingerprint density at radius 3 is 2.72 bits per heavy atom. The van der Waals surface area contributed by atoms with Gasteiger partial charge in [0.25, 0.3) is 5.91 Å². The summed E-state index contributed by atoms with van der Waals surface area (Å²) in [6.07, 6.45) is 3.85. The van der Waals surface area contributed by atoms with Crippen molar-refractivity contribution in [3.05, 3.63) is 24.0 Å². The van der Waals surface area contributed by atoms with E-state index in [4.69, 9.17) is 0 Å². The third-order valence-corrected chi connectivity index (χ3v) is 3.35. The van der Waals surface area contributed by atoms with Crippen molar-refractivity contribution in [1.82, 2.24) is 9.88 Å². The molecule has 2 heterocycles. The van der Waals surface area contributed by atoms with Crippen LogP contribution >= 0.6 is 0 Å². The third kappa shape index (κ3) is 1.96. The fourth-order valence-electron chi connectivity index (χ4n) is 2.23. The molecule has 0 aromatic carbocycles. The summed E-state index contributed by atoms with van der Waals surface area (Å²) in [5.41, 5.74) is 1.71. The van der Waals surface area contributed by atoms with E-state index in [1.54, 1.807) is 6.20 Å². The molecule has 5 heteroatoms. The zero-order chi connectivity index (χ0) is 12.7. The second kappa shape index (κ2) is 4.08. The van der Waals surface area contributed by atoms with E-state index >= 15 is 0 Å². The van der Waals surface area contributed by atoms with Gasteiger partial charge in [-0.15, -0.1) is 0 Å². The number of hydrogen-bond acceptors (Lipinski definition) is 4. The molecule has 2 aliphatic rings. The fraction of sp³-hybridized carbons (Fsp3) is 0.462. The number of amides is 2. The van der Waals surface area contributed by atoms with Gasteiger partial charge in [-0.25, -0.2) is 0 Å². The molecule has 1 N–H and O–H groups in total. The predicted molar refractivity (Wildman–Crippen MR) is 65.9 cm³/mol. The molecule has 1 atom stereocenters. The molecular weight excluding hydrogens is 230 g/mol. The molecule has 0 spiro atoms. The van der Waals surface area contributed by atoms with Gasteiger partial charge in [0.1, 0.15) is 6.04 Å². The molecule has 2 fully saturated rings. The monoisotopic (exact) mass is 245 g/mol. The van der Waals surface area contributed by atoms with Crippen molar-refractivity contribution in [2.75, 3.05) is 5.32 Å². The summed E-state index contributed by atoms with van der Waals surface area (Å²) >= 11 is 0. The van der Waals surface area contributed by atoms with Crippen LogP contribution in [-0.2, 0) is 9.59 Å². The van der Waals surface area contributed by atoms with Crippen molar-refractivity contribution in [2.45, 2.75) is 38.3 Å². The predicted octanol–water partition coefficient (Wildman–Crippen LogP) is 1.09. The maximum atomic E-state index is 12.1. The molecule has 0 radical (unpaired) electrons. The van der Waals surface area contributed by atoms with Crippen LogP contribution in [0.1, 0.15) is 25.0 Å². The van der Waals surface area contributed by atoms with Gasteiger partial charge in [-0.05, 0) is 31.9 Å². The number of nitrogens with one attached hydrogen (secondary N) is 1. The molecule has 0 bridgehead atoms. The molecule has 1 aliphatic heterocycles. The highest BCUT2D eigenvalue weighted by atomic mass is 16.2. The quantitative estimate of drug-likeness (QED) is 0.810. The number of pyridine rings is 1. The zero-order valence-corrected chi connectivity index (χ0v) is 10.2. The van der Waals surface area contributed by atoms with E-state index in [1.807, 2.05) is 19.1 Å². The van der Waals surface area contributed by atoms with E-state index in [-0.39, 0.29) is 24.3 Å². The van der Waals surface area contributed by atoms with E-state index in [0.717, 1.165) is 24.2 Å². The Balaban J connectivity index is 1.72. The summed E-state index contributed by atoms with van der Waals surface area (Å²) in [4.78, 5) is 29.5. The van der Waals surface area contributed by atoms with Crippen molar-refractivity contribution in [2.24, 2.45) is 0 Å². The first-order valence-electron chi connectivity index (χ1n) is 6.20. The molecule has 1 aromatic heterocycles. The van der Waals surface area contributed by atoms with Gasteiger partial charge in [0.2, 0.25) is 5.91 Å². The molecule has 1 aromatic rings. The van der Waals surface area contributed by atoms with E-state index in [9.17, 15) is 9.59 Å². The first kappa shape index (κ1) is 11.2. The third-order valence-electron chi connectivity index (χ3n) is 3.35. The van der Waals surface area contributed by atoms with Gasteiger partial charge >= 0.3 is 0 Å². The Labute approximate surface area is 105 Å². The molecular formula is C13H15N3O2. The van der Waals surface area contributed by atoms with Gasteiger partial charge in [0.05, 0.1) is 18.3 Å². The molecule has 5 nitrogen and oxygen atoms in total. The Hall–Kier alpha value is -1.91. The van der Waals surface area contributed by atoms with Gasteiger partial charge in [0.15, 0.2) is 0 Å². The summed E-state index contributed by atoms with van der Waals surface area (Å²) in [5.74, 6) is -0.150. The van der Waals surface area contributed by atoms with Gasteiger partial charge in [0, 0.05) is 11.7 Å². The first-order valence-corrected chi connectivity index (χ1v) is 6.20. The maximum Gasteiger partial charge on any atom is 0.252 e. The van der Waals surface area contributed by atoms with Crippen LogP contribution in [0.2, 0.25) is 0 Å². The molecule has 3 rings (SSSR count). The average Bonchev–Trinajstić information content (AvgIpc) is 3.12. The van der Waals surface area contributed by atoms with Crippen molar-refractivity contribution in [1.29, 1.82) is 0 Å². The molecule has 1 saturated heterocycles. The van der Waals surface area contributed by atoms with Crippen LogP contribution in [0.15, 0.2) is 18.3 Å². The molecule has 2 amide bonds. The van der Waals surface area contributed by atoms with E-state index in [1.165, 1.54) is 4.90 Å². The minimum absolute atomic E-state index is 0.0555. The van der Waals surface area contributed by atoms with Crippen molar-refractivity contribution in [3.63, 3.8) is 0 Å². The van der Waals surface area contributed by atoms with Crippen molar-refractivity contribution in [3.8, 4) is 0 Å². The Morgan fingerprint density at radius 2 is 2.11 bits per heavy atom. The number of anilines is 1. The topological polar surface area (TPSA) is 62.3 Å². The maximum absolute atomic E-state index is 12.1. The van der Waals surface area contributed by atoms with Gasteiger partial charge in [-0.2, -0.15) is 0 Å². The summed E-state index contributed by atoms with van der Waals surface area (Å²) in [6, 6.07) is 3.48. The van der Waals surface area contributed by atoms with E-state index < -0.39 is 6.04 Å². The number of imide groups is 1. The summed E-state index contributed by atoms with van der Waals surface area (Å²) in [5, 5.41) is 3.09.